The summed E-state index contributed by atoms with van der Waals surface area (Å²) in [5, 5.41) is 2.54. The van der Waals surface area contributed by atoms with Crippen LogP contribution >= 0.6 is 0 Å². The van der Waals surface area contributed by atoms with Crippen molar-refractivity contribution in [2.45, 2.75) is 38.2 Å². The number of esters is 1. The smallest absolute Gasteiger partial charge is 0.407 e. The summed E-state index contributed by atoms with van der Waals surface area (Å²) in [6, 6.07) is 0. The zero-order valence-electron chi connectivity index (χ0n) is 9.94. The Hall–Kier alpha value is -1.52. The van der Waals surface area contributed by atoms with E-state index < -0.39 is 12.1 Å². The number of hydrogen-bond donors (Lipinski definition) is 1. The van der Waals surface area contributed by atoms with E-state index in [4.69, 9.17) is 9.47 Å². The molecule has 1 aliphatic carbocycles. The molecule has 0 bridgehead atoms. The van der Waals surface area contributed by atoms with Crippen LogP contribution in [0.15, 0.2) is 12.7 Å². The van der Waals surface area contributed by atoms with Crippen molar-refractivity contribution in [2.24, 2.45) is 0 Å². The van der Waals surface area contributed by atoms with Gasteiger partial charge in [0.15, 0.2) is 0 Å². The van der Waals surface area contributed by atoms with Crippen LogP contribution in [0.1, 0.15) is 32.1 Å². The van der Waals surface area contributed by atoms with Gasteiger partial charge in [-0.15, -0.1) is 0 Å². The van der Waals surface area contributed by atoms with Crippen molar-refractivity contribution in [3.05, 3.63) is 12.7 Å². The second-order valence-corrected chi connectivity index (χ2v) is 3.96. The molecule has 5 nitrogen and oxygen atoms in total. The highest BCUT2D eigenvalue weighted by Gasteiger charge is 2.17. The van der Waals surface area contributed by atoms with Gasteiger partial charge in [-0.1, -0.05) is 13.0 Å². The molecule has 1 saturated carbocycles. The predicted octanol–water partition coefficient (Wildman–Crippen LogP) is 1.77. The number of rotatable bonds is 5. The summed E-state index contributed by atoms with van der Waals surface area (Å²) in [6.45, 7) is 3.65. The van der Waals surface area contributed by atoms with E-state index in [1.54, 1.807) is 0 Å². The molecule has 0 spiro atoms. The Morgan fingerprint density at radius 3 is 2.65 bits per heavy atom. The van der Waals surface area contributed by atoms with Crippen LogP contribution in [0.4, 0.5) is 4.79 Å². The van der Waals surface area contributed by atoms with Crippen LogP contribution < -0.4 is 5.32 Å². The summed E-state index contributed by atoms with van der Waals surface area (Å²) in [5.74, 6) is -0.493. The fourth-order valence-corrected chi connectivity index (χ4v) is 1.74. The van der Waals surface area contributed by atoms with Gasteiger partial charge in [0.25, 0.3) is 0 Å². The Morgan fingerprint density at radius 2 is 2.00 bits per heavy atom. The zero-order valence-corrected chi connectivity index (χ0v) is 9.94. The topological polar surface area (TPSA) is 64.6 Å². The van der Waals surface area contributed by atoms with Gasteiger partial charge < -0.3 is 14.8 Å². The van der Waals surface area contributed by atoms with Gasteiger partial charge in [-0.05, 0) is 25.7 Å². The fourth-order valence-electron chi connectivity index (χ4n) is 1.74. The molecule has 17 heavy (non-hydrogen) atoms. The van der Waals surface area contributed by atoms with E-state index in [0.717, 1.165) is 31.8 Å². The Labute approximate surface area is 101 Å². The number of ether oxygens (including phenoxy) is 2. The van der Waals surface area contributed by atoms with Gasteiger partial charge in [0.1, 0.15) is 12.7 Å². The molecular formula is C12H19NO4. The summed E-state index contributed by atoms with van der Waals surface area (Å²) in [5.41, 5.74) is 0. The number of alkyl carbamates (subject to hydrolysis) is 1. The average molecular weight is 241 g/mol. The van der Waals surface area contributed by atoms with E-state index in [1.165, 1.54) is 6.42 Å². The minimum atomic E-state index is -0.493. The first kappa shape index (κ1) is 13.5. The third-order valence-corrected chi connectivity index (χ3v) is 2.61. The molecule has 96 valence electrons. The van der Waals surface area contributed by atoms with Crippen molar-refractivity contribution in [3.63, 3.8) is 0 Å². The van der Waals surface area contributed by atoms with Crippen LogP contribution in [0, 0.1) is 0 Å². The molecule has 0 saturated heterocycles. The lowest BCUT2D eigenvalue weighted by molar-refractivity contribution is -0.137. The largest absolute Gasteiger partial charge is 0.461 e. The van der Waals surface area contributed by atoms with Crippen molar-refractivity contribution in [2.75, 3.05) is 13.2 Å². The SMILES string of the molecule is C=CC(=O)OCCNC(=O)OC1CCCCC1. The number of carbonyl (C=O) groups is 2. The normalized spacial score (nSPS) is 16.0. The third kappa shape index (κ3) is 5.94. The van der Waals surface area contributed by atoms with Crippen molar-refractivity contribution < 1.29 is 19.1 Å². The van der Waals surface area contributed by atoms with Gasteiger partial charge in [0.05, 0.1) is 6.54 Å². The van der Waals surface area contributed by atoms with E-state index in [0.29, 0.717) is 0 Å². The molecule has 1 fully saturated rings. The maximum absolute atomic E-state index is 11.3. The molecule has 1 amide bonds. The molecule has 1 aliphatic rings. The third-order valence-electron chi connectivity index (χ3n) is 2.61. The number of amides is 1. The van der Waals surface area contributed by atoms with Gasteiger partial charge in [-0.3, -0.25) is 0 Å². The summed E-state index contributed by atoms with van der Waals surface area (Å²) < 4.78 is 9.92. The Kier molecular flexibility index (Phi) is 6.14. The average Bonchev–Trinajstić information content (AvgIpc) is 2.35. The predicted molar refractivity (Wildman–Crippen MR) is 62.5 cm³/mol. The van der Waals surface area contributed by atoms with E-state index in [1.807, 2.05) is 0 Å². The van der Waals surface area contributed by atoms with Crippen molar-refractivity contribution in [1.82, 2.24) is 5.32 Å². The highest BCUT2D eigenvalue weighted by molar-refractivity contribution is 5.81. The van der Waals surface area contributed by atoms with Gasteiger partial charge in [-0.2, -0.15) is 0 Å². The van der Waals surface area contributed by atoms with Gasteiger partial charge in [0, 0.05) is 6.08 Å². The van der Waals surface area contributed by atoms with Crippen LogP contribution in [0.25, 0.3) is 0 Å². The van der Waals surface area contributed by atoms with Crippen LogP contribution in [0.5, 0.6) is 0 Å². The summed E-state index contributed by atoms with van der Waals surface area (Å²) in [7, 11) is 0. The zero-order chi connectivity index (χ0) is 12.5. The molecule has 0 atom stereocenters. The minimum Gasteiger partial charge on any atom is -0.461 e. The Balaban J connectivity index is 2.04. The molecule has 0 heterocycles. The Bertz CT molecular complexity index is 272. The standard InChI is InChI=1S/C12H19NO4/c1-2-11(14)16-9-8-13-12(15)17-10-6-4-3-5-7-10/h2,10H,1,3-9H2,(H,13,15). The fraction of sp³-hybridized carbons (Fsp3) is 0.667. The summed E-state index contributed by atoms with van der Waals surface area (Å²) in [6.07, 6.45) is 6.03. The maximum atomic E-state index is 11.3. The molecule has 1 rings (SSSR count). The molecule has 0 radical (unpaired) electrons. The lowest BCUT2D eigenvalue weighted by atomic mass is 9.98. The lowest BCUT2D eigenvalue weighted by Crippen LogP contribution is -2.32. The highest BCUT2D eigenvalue weighted by atomic mass is 16.6. The molecule has 0 aromatic heterocycles. The molecule has 5 heteroatoms. The van der Waals surface area contributed by atoms with Crippen molar-refractivity contribution in [3.8, 4) is 0 Å². The van der Waals surface area contributed by atoms with E-state index in [-0.39, 0.29) is 19.3 Å². The highest BCUT2D eigenvalue weighted by Crippen LogP contribution is 2.20. The van der Waals surface area contributed by atoms with Crippen LogP contribution in [0.3, 0.4) is 0 Å². The maximum Gasteiger partial charge on any atom is 0.407 e. The molecule has 0 unspecified atom stereocenters. The van der Waals surface area contributed by atoms with Crippen LogP contribution in [-0.4, -0.2) is 31.3 Å². The molecule has 0 aliphatic heterocycles. The summed E-state index contributed by atoms with van der Waals surface area (Å²) >= 11 is 0. The molecule has 0 aromatic rings. The monoisotopic (exact) mass is 241 g/mol. The number of carbonyl (C=O) groups excluding carboxylic acids is 2. The van der Waals surface area contributed by atoms with Crippen molar-refractivity contribution >= 4 is 12.1 Å². The lowest BCUT2D eigenvalue weighted by Gasteiger charge is -2.21. The van der Waals surface area contributed by atoms with E-state index >= 15 is 0 Å². The first-order valence-electron chi connectivity index (χ1n) is 5.96. The Morgan fingerprint density at radius 1 is 1.29 bits per heavy atom. The molecule has 1 N–H and O–H groups in total. The van der Waals surface area contributed by atoms with Gasteiger partial charge >= 0.3 is 12.1 Å². The van der Waals surface area contributed by atoms with E-state index in [9.17, 15) is 9.59 Å². The van der Waals surface area contributed by atoms with Crippen molar-refractivity contribution in [1.29, 1.82) is 0 Å². The quantitative estimate of drug-likeness (QED) is 0.452. The second kappa shape index (κ2) is 7.70. The molecular weight excluding hydrogens is 222 g/mol. The van der Waals surface area contributed by atoms with Crippen LogP contribution in [-0.2, 0) is 14.3 Å². The first-order valence-corrected chi connectivity index (χ1v) is 5.96. The summed E-state index contributed by atoms with van der Waals surface area (Å²) in [4.78, 5) is 22.0. The molecule has 0 aromatic carbocycles. The van der Waals surface area contributed by atoms with Crippen LogP contribution in [0.2, 0.25) is 0 Å². The van der Waals surface area contributed by atoms with Gasteiger partial charge in [-0.25, -0.2) is 9.59 Å². The first-order chi connectivity index (χ1) is 8.22. The van der Waals surface area contributed by atoms with E-state index in [2.05, 4.69) is 11.9 Å². The van der Waals surface area contributed by atoms with Gasteiger partial charge in [0.2, 0.25) is 0 Å². The second-order valence-electron chi connectivity index (χ2n) is 3.96. The minimum absolute atomic E-state index is 0.0412. The number of nitrogens with one attached hydrogen (secondary N) is 1. The number of hydrogen-bond acceptors (Lipinski definition) is 4.